The van der Waals surface area contributed by atoms with Gasteiger partial charge in [0.1, 0.15) is 5.56 Å². The van der Waals surface area contributed by atoms with Gasteiger partial charge in [-0.05, 0) is 295 Å². The molecule has 10 aromatic rings. The fraction of sp³-hybridized carbons (Fsp3) is 0.125. The number of hydrogen-bond acceptors (Lipinski definition) is 7. The number of hydrogen-bond donors (Lipinski definition) is 10. The molecule has 101 heavy (non-hydrogen) atoms. The quantitative estimate of drug-likeness (QED) is 0.00975. The van der Waals surface area contributed by atoms with Crippen LogP contribution in [-0.4, -0.2) is 22.0 Å². The Labute approximate surface area is 613 Å². The first kappa shape index (κ1) is 72.4. The lowest BCUT2D eigenvalue weighted by atomic mass is 9.98. The zero-order valence-corrected chi connectivity index (χ0v) is 61.2. The van der Waals surface area contributed by atoms with Crippen LogP contribution >= 0.6 is 36.7 Å². The average molecular weight is 1380 g/mol. The minimum absolute atomic E-state index is 0.454. The van der Waals surface area contributed by atoms with Crippen LogP contribution in [0.5, 0.6) is 0 Å². The van der Waals surface area contributed by atoms with Gasteiger partial charge >= 0.3 is 0 Å². The van der Waals surface area contributed by atoms with Gasteiger partial charge in [0.25, 0.3) is 0 Å². The third-order valence-electron chi connectivity index (χ3n) is 17.6. The summed E-state index contributed by atoms with van der Waals surface area (Å²) < 4.78 is 0. The van der Waals surface area contributed by atoms with Crippen molar-refractivity contribution in [3.05, 3.63) is 314 Å². The molecule has 0 bridgehead atoms. The highest BCUT2D eigenvalue weighted by Crippen LogP contribution is 2.30. The van der Waals surface area contributed by atoms with Gasteiger partial charge < -0.3 is 54.0 Å². The SMILES string of the molecule is C=C(C)c1cc(NC(=S)Nc2ccc(/C=C/c3ccc(NC(=S)Nc4ccc(/C=C/c5ccc(N)cc5C)c(CC)c4)cc3[CH2-])c([CH2+])c2)ccc1/C=C/c1ccc(NC(=S)Nc2ccc(/C=C/c3ccc(NCNc4ccc(/C=C/c5ccc(N)cc5C)c(C)c4)cc3C)c(C)c2)cc1CC. The molecule has 0 aliphatic heterocycles. The minimum atomic E-state index is 0.454. The highest BCUT2D eigenvalue weighted by molar-refractivity contribution is 7.81. The summed E-state index contributed by atoms with van der Waals surface area (Å²) in [7, 11) is 0. The molecule has 0 aliphatic carbocycles. The van der Waals surface area contributed by atoms with E-state index in [-0.39, 0.29) is 0 Å². The normalized spacial score (nSPS) is 11.4. The van der Waals surface area contributed by atoms with E-state index in [4.69, 9.17) is 48.1 Å². The van der Waals surface area contributed by atoms with Crippen molar-refractivity contribution in [1.29, 1.82) is 0 Å². The average Bonchev–Trinajstić information content (AvgIpc) is 0.844. The Morgan fingerprint density at radius 3 is 1.04 bits per heavy atom. The van der Waals surface area contributed by atoms with Gasteiger partial charge in [0, 0.05) is 58.5 Å². The number of thiocarbonyl (C=S) groups is 3. The van der Waals surface area contributed by atoms with Gasteiger partial charge in [-0.2, -0.15) is 12.5 Å². The Bertz CT molecular complexity index is 4930. The zero-order chi connectivity index (χ0) is 71.7. The van der Waals surface area contributed by atoms with E-state index in [0.29, 0.717) is 22.0 Å². The highest BCUT2D eigenvalue weighted by atomic mass is 32.1. The van der Waals surface area contributed by atoms with Crippen molar-refractivity contribution in [2.45, 2.75) is 68.2 Å². The van der Waals surface area contributed by atoms with E-state index in [1.165, 1.54) is 27.8 Å². The van der Waals surface area contributed by atoms with Crippen molar-refractivity contribution < 1.29 is 0 Å². The van der Waals surface area contributed by atoms with Gasteiger partial charge in [-0.25, -0.2) is 0 Å². The van der Waals surface area contributed by atoms with Crippen molar-refractivity contribution in [3.8, 4) is 0 Å². The van der Waals surface area contributed by atoms with Crippen LogP contribution in [0.4, 0.5) is 56.9 Å². The second-order valence-corrected chi connectivity index (χ2v) is 26.5. The van der Waals surface area contributed by atoms with Gasteiger partial charge in [0.2, 0.25) is 0 Å². The summed E-state index contributed by atoms with van der Waals surface area (Å²) in [6.07, 6.45) is 23.0. The van der Waals surface area contributed by atoms with Gasteiger partial charge in [-0.15, -0.1) is 17.7 Å². The lowest BCUT2D eigenvalue weighted by Crippen LogP contribution is -2.19. The smallest absolute Gasteiger partial charge is 0.176 e. The maximum atomic E-state index is 5.96. The number of benzene rings is 10. The molecule has 10 aromatic carbocycles. The van der Waals surface area contributed by atoms with E-state index in [2.05, 4.69) is 263 Å². The van der Waals surface area contributed by atoms with Crippen LogP contribution < -0.4 is 54.0 Å². The van der Waals surface area contributed by atoms with Gasteiger partial charge in [-0.1, -0.05) is 135 Å². The Balaban J connectivity index is 0.666. The zero-order valence-electron chi connectivity index (χ0n) is 58.7. The van der Waals surface area contributed by atoms with Crippen molar-refractivity contribution in [2.24, 2.45) is 0 Å². The van der Waals surface area contributed by atoms with Gasteiger partial charge in [0.05, 0.1) is 24.0 Å². The molecule has 0 aromatic heterocycles. The van der Waals surface area contributed by atoms with Gasteiger partial charge in [-0.3, -0.25) is 0 Å². The molecule has 0 amide bonds. The Kier molecular flexibility index (Phi) is 24.3. The number of nitrogens with two attached hydrogens (primary N) is 2. The maximum absolute atomic E-state index is 5.96. The number of aryl methyl sites for hydroxylation is 7. The fourth-order valence-corrected chi connectivity index (χ4v) is 12.5. The van der Waals surface area contributed by atoms with E-state index < -0.39 is 0 Å². The molecule has 0 radical (unpaired) electrons. The standard InChI is InChI=1S/C88H88N10S3/c1-12-63-51-82(41-31-72(63)21-20-66-25-35-76(90)45-57(66)6)96-86(99)93-80-39-29-70(61(10)49-80)18-19-71-30-40-81(50-62(71)11)95-88(101)98-84-43-33-74(85(53-84)55(3)4)23-22-73-32-42-83(52-64(73)13-2)97-87(100)94-79-38-28-69(60(9)48-79)17-16-68-27-37-78(47-59(68)8)92-54-91-77-36-26-67(58(7)46-77)15-14-65-24-34-75(89)44-56(65)5/h14-53,91-92H,3,10-13,54,89-90H2,1-2,4-9H3,(H2,93,96,99)(H2,94,97,100)(H2,95,98,101)/b15-14+,17-16+,19-18+,21-20+,23-22+. The lowest BCUT2D eigenvalue weighted by molar-refractivity contribution is 1.13. The van der Waals surface area contributed by atoms with E-state index in [1.54, 1.807) is 0 Å². The van der Waals surface area contributed by atoms with Gasteiger partial charge in [0.15, 0.2) is 15.3 Å². The van der Waals surface area contributed by atoms with E-state index in [1.807, 2.05) is 97.9 Å². The molecule has 0 spiro atoms. The molecule has 0 heterocycles. The Morgan fingerprint density at radius 2 is 0.653 bits per heavy atom. The molecule has 13 heteroatoms. The largest absolute Gasteiger partial charge is 0.399 e. The van der Waals surface area contributed by atoms with Crippen LogP contribution in [0.25, 0.3) is 66.3 Å². The molecule has 10 rings (SSSR count). The molecular formula is C88H88N10S3. The first-order valence-corrected chi connectivity index (χ1v) is 35.0. The number of allylic oxidation sites excluding steroid dienone is 1. The molecule has 508 valence electrons. The molecule has 0 saturated carbocycles. The van der Waals surface area contributed by atoms with Crippen molar-refractivity contribution >= 4 is 175 Å². The molecule has 10 nitrogen and oxygen atoms in total. The summed E-state index contributed by atoms with van der Waals surface area (Å²) in [5.74, 6) is 0. The maximum Gasteiger partial charge on any atom is 0.176 e. The van der Waals surface area contributed by atoms with Crippen LogP contribution in [0.3, 0.4) is 0 Å². The molecule has 0 unspecified atom stereocenters. The van der Waals surface area contributed by atoms with Crippen LogP contribution in [0.1, 0.15) is 132 Å². The summed E-state index contributed by atoms with van der Waals surface area (Å²) >= 11 is 17.4. The highest BCUT2D eigenvalue weighted by Gasteiger charge is 2.13. The molecule has 0 fully saturated rings. The molecular weight excluding hydrogens is 1290 g/mol. The summed E-state index contributed by atoms with van der Waals surface area (Å²) in [5.41, 5.74) is 43.7. The van der Waals surface area contributed by atoms with E-state index in [0.717, 1.165) is 159 Å². The third kappa shape index (κ3) is 20.2. The van der Waals surface area contributed by atoms with Crippen LogP contribution in [0.15, 0.2) is 189 Å². The summed E-state index contributed by atoms with van der Waals surface area (Å²) in [5, 5.41) is 28.7. The second-order valence-electron chi connectivity index (χ2n) is 25.3. The molecule has 12 N–H and O–H groups in total. The van der Waals surface area contributed by atoms with Crippen molar-refractivity contribution in [1.82, 2.24) is 0 Å². The van der Waals surface area contributed by atoms with Crippen molar-refractivity contribution in [3.63, 3.8) is 0 Å². The lowest BCUT2D eigenvalue weighted by Gasteiger charge is -2.17. The molecule has 0 aliphatic rings. The van der Waals surface area contributed by atoms with Crippen LogP contribution in [0, 0.1) is 48.5 Å². The van der Waals surface area contributed by atoms with Crippen LogP contribution in [-0.2, 0) is 12.8 Å². The summed E-state index contributed by atoms with van der Waals surface area (Å²) in [4.78, 5) is 0. The second kappa shape index (κ2) is 33.9. The molecule has 0 saturated heterocycles. The van der Waals surface area contributed by atoms with E-state index >= 15 is 0 Å². The number of anilines is 10. The molecule has 0 atom stereocenters. The predicted octanol–water partition coefficient (Wildman–Crippen LogP) is 22.7. The number of nitrogen functional groups attached to an aromatic ring is 2. The summed E-state index contributed by atoms with van der Waals surface area (Å²) in [6, 6.07) is 62.0. The predicted molar refractivity (Wildman–Crippen MR) is 456 cm³/mol. The first-order valence-electron chi connectivity index (χ1n) is 33.8. The summed E-state index contributed by atoms with van der Waals surface area (Å²) in [6.45, 7) is 30.5. The van der Waals surface area contributed by atoms with E-state index in [9.17, 15) is 0 Å². The minimum Gasteiger partial charge on any atom is -0.399 e. The fourth-order valence-electron chi connectivity index (χ4n) is 11.8. The number of rotatable bonds is 23. The Hall–Kier alpha value is -11.4. The monoisotopic (exact) mass is 1380 g/mol. The third-order valence-corrected chi connectivity index (χ3v) is 18.2. The number of nitrogens with one attached hydrogen (secondary N) is 8. The Morgan fingerprint density at radius 1 is 0.366 bits per heavy atom. The van der Waals surface area contributed by atoms with Crippen LogP contribution in [0.2, 0.25) is 0 Å². The van der Waals surface area contributed by atoms with Crippen molar-refractivity contribution in [2.75, 3.05) is 60.7 Å². The topological polar surface area (TPSA) is 148 Å². The first-order chi connectivity index (χ1) is 48.6.